The first-order chi connectivity index (χ1) is 6.86. The van der Waals surface area contributed by atoms with Crippen molar-refractivity contribution in [2.75, 3.05) is 11.9 Å². The van der Waals surface area contributed by atoms with Crippen LogP contribution in [0.4, 0.5) is 5.13 Å². The van der Waals surface area contributed by atoms with Gasteiger partial charge in [0.05, 0.1) is 5.69 Å². The van der Waals surface area contributed by atoms with E-state index < -0.39 is 0 Å². The monoisotopic (exact) mass is 213 g/mol. The molecule has 3 N–H and O–H groups in total. The summed E-state index contributed by atoms with van der Waals surface area (Å²) in [6.45, 7) is 3.79. The van der Waals surface area contributed by atoms with E-state index in [4.69, 9.17) is 5.73 Å². The van der Waals surface area contributed by atoms with Crippen LogP contribution in [0.15, 0.2) is 5.38 Å². The number of hydrogen-bond acceptors (Lipinski definition) is 4. The standard InChI is InChI=1S/C10H19N3S/c1-2-3-4-5-6-12-10-13-9(7-11)8-14-10/h8H,2-7,11H2,1H3,(H,12,13). The molecule has 1 heterocycles. The Balaban J connectivity index is 2.12. The van der Waals surface area contributed by atoms with Crippen molar-refractivity contribution in [3.63, 3.8) is 0 Å². The summed E-state index contributed by atoms with van der Waals surface area (Å²) in [5.41, 5.74) is 6.45. The second-order valence-electron chi connectivity index (χ2n) is 3.34. The average molecular weight is 213 g/mol. The molecule has 1 aromatic heterocycles. The molecule has 0 saturated heterocycles. The smallest absolute Gasteiger partial charge is 0.182 e. The summed E-state index contributed by atoms with van der Waals surface area (Å²) >= 11 is 1.64. The molecule has 0 bridgehead atoms. The maximum Gasteiger partial charge on any atom is 0.182 e. The zero-order chi connectivity index (χ0) is 10.2. The van der Waals surface area contributed by atoms with Gasteiger partial charge in [-0.15, -0.1) is 11.3 Å². The van der Waals surface area contributed by atoms with E-state index in [-0.39, 0.29) is 0 Å². The van der Waals surface area contributed by atoms with Gasteiger partial charge < -0.3 is 11.1 Å². The van der Waals surface area contributed by atoms with E-state index in [9.17, 15) is 0 Å². The van der Waals surface area contributed by atoms with Crippen molar-refractivity contribution >= 4 is 16.5 Å². The van der Waals surface area contributed by atoms with Crippen molar-refractivity contribution in [3.05, 3.63) is 11.1 Å². The van der Waals surface area contributed by atoms with Crippen LogP contribution in [-0.2, 0) is 6.54 Å². The normalized spacial score (nSPS) is 10.4. The summed E-state index contributed by atoms with van der Waals surface area (Å²) < 4.78 is 0. The third-order valence-electron chi connectivity index (χ3n) is 2.07. The highest BCUT2D eigenvalue weighted by Gasteiger charge is 1.98. The van der Waals surface area contributed by atoms with Gasteiger partial charge in [0.25, 0.3) is 0 Å². The molecule has 4 heteroatoms. The van der Waals surface area contributed by atoms with Gasteiger partial charge in [-0.25, -0.2) is 4.98 Å². The van der Waals surface area contributed by atoms with Gasteiger partial charge in [0.1, 0.15) is 0 Å². The molecule has 1 rings (SSSR count). The topological polar surface area (TPSA) is 50.9 Å². The van der Waals surface area contributed by atoms with Crippen LogP contribution in [0.3, 0.4) is 0 Å². The van der Waals surface area contributed by atoms with Crippen molar-refractivity contribution in [1.82, 2.24) is 4.98 Å². The minimum absolute atomic E-state index is 0.536. The number of aromatic nitrogens is 1. The van der Waals surface area contributed by atoms with E-state index in [1.165, 1.54) is 25.7 Å². The Labute approximate surface area is 89.7 Å². The first-order valence-corrected chi connectivity index (χ1v) is 6.13. The van der Waals surface area contributed by atoms with E-state index in [1.54, 1.807) is 11.3 Å². The summed E-state index contributed by atoms with van der Waals surface area (Å²) in [4.78, 5) is 4.33. The van der Waals surface area contributed by atoms with E-state index in [0.717, 1.165) is 17.4 Å². The minimum Gasteiger partial charge on any atom is -0.362 e. The fourth-order valence-electron chi connectivity index (χ4n) is 1.23. The Hall–Kier alpha value is -0.610. The summed E-state index contributed by atoms with van der Waals surface area (Å²) in [5, 5.41) is 6.32. The third-order valence-corrected chi connectivity index (χ3v) is 2.92. The molecule has 0 aliphatic heterocycles. The van der Waals surface area contributed by atoms with Crippen LogP contribution in [0.5, 0.6) is 0 Å². The van der Waals surface area contributed by atoms with Crippen LogP contribution in [-0.4, -0.2) is 11.5 Å². The molecule has 14 heavy (non-hydrogen) atoms. The predicted molar refractivity (Wildman–Crippen MR) is 62.6 cm³/mol. The third kappa shape index (κ3) is 4.07. The van der Waals surface area contributed by atoms with Gasteiger partial charge in [-0.05, 0) is 6.42 Å². The van der Waals surface area contributed by atoms with Crippen LogP contribution >= 0.6 is 11.3 Å². The fraction of sp³-hybridized carbons (Fsp3) is 0.700. The van der Waals surface area contributed by atoms with Crippen molar-refractivity contribution in [2.45, 2.75) is 39.2 Å². The van der Waals surface area contributed by atoms with Crippen LogP contribution in [0, 0.1) is 0 Å². The van der Waals surface area contributed by atoms with E-state index in [2.05, 4.69) is 17.2 Å². The number of hydrogen-bond donors (Lipinski definition) is 2. The van der Waals surface area contributed by atoms with Crippen LogP contribution < -0.4 is 11.1 Å². The number of unbranched alkanes of at least 4 members (excludes halogenated alkanes) is 3. The number of rotatable bonds is 7. The number of nitrogens with one attached hydrogen (secondary N) is 1. The highest BCUT2D eigenvalue weighted by molar-refractivity contribution is 7.13. The highest BCUT2D eigenvalue weighted by atomic mass is 32.1. The van der Waals surface area contributed by atoms with Crippen LogP contribution in [0.1, 0.15) is 38.3 Å². The molecule has 0 unspecified atom stereocenters. The maximum absolute atomic E-state index is 5.47. The zero-order valence-electron chi connectivity index (χ0n) is 8.75. The molecular weight excluding hydrogens is 194 g/mol. The van der Waals surface area contributed by atoms with Crippen molar-refractivity contribution in [1.29, 1.82) is 0 Å². The maximum atomic E-state index is 5.47. The Morgan fingerprint density at radius 1 is 1.43 bits per heavy atom. The van der Waals surface area contributed by atoms with Gasteiger partial charge in [-0.1, -0.05) is 26.2 Å². The van der Waals surface area contributed by atoms with E-state index in [0.29, 0.717) is 6.54 Å². The lowest BCUT2D eigenvalue weighted by Crippen LogP contribution is -2.02. The van der Waals surface area contributed by atoms with E-state index >= 15 is 0 Å². The molecule has 0 saturated carbocycles. The van der Waals surface area contributed by atoms with Gasteiger partial charge in [-0.2, -0.15) is 0 Å². The van der Waals surface area contributed by atoms with Crippen molar-refractivity contribution < 1.29 is 0 Å². The lowest BCUT2D eigenvalue weighted by molar-refractivity contribution is 0.685. The molecule has 0 amide bonds. The Kier molecular flexibility index (Phi) is 5.56. The van der Waals surface area contributed by atoms with Gasteiger partial charge in [-0.3, -0.25) is 0 Å². The minimum atomic E-state index is 0.536. The van der Waals surface area contributed by atoms with E-state index in [1.807, 2.05) is 5.38 Å². The lowest BCUT2D eigenvalue weighted by atomic mass is 10.2. The predicted octanol–water partition coefficient (Wildman–Crippen LogP) is 2.59. The van der Waals surface area contributed by atoms with Gasteiger partial charge in [0, 0.05) is 18.5 Å². The first-order valence-electron chi connectivity index (χ1n) is 5.25. The second kappa shape index (κ2) is 6.79. The van der Waals surface area contributed by atoms with Gasteiger partial charge >= 0.3 is 0 Å². The molecule has 3 nitrogen and oxygen atoms in total. The largest absolute Gasteiger partial charge is 0.362 e. The molecule has 1 aromatic rings. The Bertz CT molecular complexity index is 247. The molecule has 0 aliphatic rings. The highest BCUT2D eigenvalue weighted by Crippen LogP contribution is 2.14. The number of thiazole rings is 1. The molecule has 80 valence electrons. The number of nitrogens with zero attached hydrogens (tertiary/aromatic N) is 1. The lowest BCUT2D eigenvalue weighted by Gasteiger charge is -2.01. The molecule has 0 radical (unpaired) electrons. The summed E-state index contributed by atoms with van der Waals surface area (Å²) in [7, 11) is 0. The van der Waals surface area contributed by atoms with Crippen molar-refractivity contribution in [2.24, 2.45) is 5.73 Å². The average Bonchev–Trinajstić information content (AvgIpc) is 2.65. The number of nitrogens with two attached hydrogens (primary N) is 1. The molecule has 0 aromatic carbocycles. The molecule has 0 aliphatic carbocycles. The fourth-order valence-corrected chi connectivity index (χ4v) is 1.98. The van der Waals surface area contributed by atoms with Gasteiger partial charge in [0.2, 0.25) is 0 Å². The van der Waals surface area contributed by atoms with Crippen molar-refractivity contribution in [3.8, 4) is 0 Å². The molecule has 0 spiro atoms. The first kappa shape index (κ1) is 11.5. The second-order valence-corrected chi connectivity index (χ2v) is 4.19. The van der Waals surface area contributed by atoms with Crippen LogP contribution in [0.2, 0.25) is 0 Å². The van der Waals surface area contributed by atoms with Crippen LogP contribution in [0.25, 0.3) is 0 Å². The molecule has 0 fully saturated rings. The number of anilines is 1. The molecule has 0 atom stereocenters. The SMILES string of the molecule is CCCCCCNc1nc(CN)cs1. The zero-order valence-corrected chi connectivity index (χ0v) is 9.57. The Morgan fingerprint density at radius 3 is 2.93 bits per heavy atom. The summed E-state index contributed by atoms with van der Waals surface area (Å²) in [5.74, 6) is 0. The van der Waals surface area contributed by atoms with Gasteiger partial charge in [0.15, 0.2) is 5.13 Å². The quantitative estimate of drug-likeness (QED) is 0.684. The molecular formula is C10H19N3S. The summed E-state index contributed by atoms with van der Waals surface area (Å²) in [6.07, 6.45) is 5.15. The Morgan fingerprint density at radius 2 is 2.29 bits per heavy atom. The summed E-state index contributed by atoms with van der Waals surface area (Å²) in [6, 6.07) is 0.